The Bertz CT molecular complexity index is 859. The third-order valence-electron chi connectivity index (χ3n) is 4.92. The average Bonchev–Trinajstić information content (AvgIpc) is 3.00. The number of halogens is 1. The van der Waals surface area contributed by atoms with Gasteiger partial charge in [0.05, 0.1) is 17.9 Å². The van der Waals surface area contributed by atoms with E-state index in [1.165, 1.54) is 23.9 Å². The smallest absolute Gasteiger partial charge is 0.256 e. The van der Waals surface area contributed by atoms with Gasteiger partial charge < -0.3 is 14.5 Å². The van der Waals surface area contributed by atoms with E-state index in [0.29, 0.717) is 32.6 Å². The van der Waals surface area contributed by atoms with Crippen LogP contribution in [0.3, 0.4) is 0 Å². The first-order chi connectivity index (χ1) is 14.0. The van der Waals surface area contributed by atoms with Crippen molar-refractivity contribution in [2.24, 2.45) is 0 Å². The molecule has 0 N–H and O–H groups in total. The molecule has 2 aromatic rings. The molecule has 1 fully saturated rings. The summed E-state index contributed by atoms with van der Waals surface area (Å²) in [6, 6.07) is 13.6. The van der Waals surface area contributed by atoms with Gasteiger partial charge >= 0.3 is 0 Å². The minimum atomic E-state index is -0.515. The van der Waals surface area contributed by atoms with Crippen molar-refractivity contribution in [2.45, 2.75) is 23.5 Å². The van der Waals surface area contributed by atoms with Crippen LogP contribution in [0.5, 0.6) is 5.75 Å². The molecule has 7 heteroatoms. The molecule has 1 heterocycles. The van der Waals surface area contributed by atoms with Crippen LogP contribution < -0.4 is 4.74 Å². The molecular weight excluding hydrogens is 391 g/mol. The second kappa shape index (κ2) is 9.78. The lowest BCUT2D eigenvalue weighted by Gasteiger charge is -2.24. The summed E-state index contributed by atoms with van der Waals surface area (Å²) in [6.45, 7) is 3.85. The molecule has 1 unspecified atom stereocenters. The highest BCUT2D eigenvalue weighted by atomic mass is 32.2. The van der Waals surface area contributed by atoms with Gasteiger partial charge in [-0.1, -0.05) is 12.1 Å². The molecule has 2 amide bonds. The van der Waals surface area contributed by atoms with Crippen molar-refractivity contribution in [3.8, 4) is 5.75 Å². The number of carbonyl (C=O) groups is 2. The summed E-state index contributed by atoms with van der Waals surface area (Å²) in [7, 11) is 1.62. The molecule has 1 aliphatic heterocycles. The highest BCUT2D eigenvalue weighted by Crippen LogP contribution is 2.26. The Balaban J connectivity index is 1.58. The predicted octanol–water partition coefficient (Wildman–Crippen LogP) is 3.69. The number of nitrogens with zero attached hydrogens (tertiary/aromatic N) is 2. The van der Waals surface area contributed by atoms with Crippen molar-refractivity contribution >= 4 is 23.6 Å². The molecule has 0 aliphatic carbocycles. The van der Waals surface area contributed by atoms with Crippen molar-refractivity contribution in [2.75, 3.05) is 33.3 Å². The fraction of sp³-hybridized carbons (Fsp3) is 0.364. The molecule has 0 saturated carbocycles. The summed E-state index contributed by atoms with van der Waals surface area (Å²) in [5, 5.41) is -0.239. The largest absolute Gasteiger partial charge is 0.497 e. The quantitative estimate of drug-likeness (QED) is 0.698. The fourth-order valence-electron chi connectivity index (χ4n) is 3.31. The minimum absolute atomic E-state index is 0.0472. The zero-order valence-corrected chi connectivity index (χ0v) is 17.5. The van der Waals surface area contributed by atoms with Crippen molar-refractivity contribution in [1.82, 2.24) is 9.80 Å². The summed E-state index contributed by atoms with van der Waals surface area (Å²) in [4.78, 5) is 30.0. The van der Waals surface area contributed by atoms with Crippen LogP contribution in [0, 0.1) is 5.82 Å². The standard InChI is InChI=1S/C22H25FN2O3S/c1-16(29-18-10-8-17(28-2)9-11-18)21(26)24-12-5-13-25(15-14-24)22(27)19-6-3-4-7-20(19)23/h3-4,6-11,16H,5,12-15H2,1-2H3. The van der Waals surface area contributed by atoms with Gasteiger partial charge in [-0.15, -0.1) is 11.8 Å². The number of thioether (sulfide) groups is 1. The summed E-state index contributed by atoms with van der Waals surface area (Å²) in [5.74, 6) is -0.0104. The Morgan fingerprint density at radius 1 is 1.00 bits per heavy atom. The third kappa shape index (κ3) is 5.29. The van der Waals surface area contributed by atoms with Gasteiger partial charge in [0.1, 0.15) is 11.6 Å². The first-order valence-corrected chi connectivity index (χ1v) is 10.5. The first kappa shape index (κ1) is 21.2. The van der Waals surface area contributed by atoms with Crippen molar-refractivity contribution < 1.29 is 18.7 Å². The summed E-state index contributed by atoms with van der Waals surface area (Å²) in [6.07, 6.45) is 0.672. The lowest BCUT2D eigenvalue weighted by atomic mass is 10.2. The maximum atomic E-state index is 13.9. The lowest BCUT2D eigenvalue weighted by Crippen LogP contribution is -2.40. The number of amides is 2. The van der Waals surface area contributed by atoms with E-state index in [1.54, 1.807) is 29.0 Å². The van der Waals surface area contributed by atoms with Crippen LogP contribution in [0.1, 0.15) is 23.7 Å². The summed E-state index contributed by atoms with van der Waals surface area (Å²) in [5.41, 5.74) is 0.0794. The molecular formula is C22H25FN2O3S. The molecule has 3 rings (SSSR count). The van der Waals surface area contributed by atoms with E-state index in [-0.39, 0.29) is 22.6 Å². The van der Waals surface area contributed by atoms with Crippen molar-refractivity contribution in [3.05, 3.63) is 59.9 Å². The number of carbonyl (C=O) groups excluding carboxylic acids is 2. The highest BCUT2D eigenvalue weighted by molar-refractivity contribution is 8.00. The number of hydrogen-bond donors (Lipinski definition) is 0. The van der Waals surface area contributed by atoms with Gasteiger partial charge in [-0.3, -0.25) is 9.59 Å². The van der Waals surface area contributed by atoms with E-state index in [4.69, 9.17) is 4.74 Å². The van der Waals surface area contributed by atoms with Gasteiger partial charge in [0, 0.05) is 31.1 Å². The number of rotatable bonds is 5. The van der Waals surface area contributed by atoms with Gasteiger partial charge in [-0.2, -0.15) is 0 Å². The highest BCUT2D eigenvalue weighted by Gasteiger charge is 2.26. The molecule has 1 atom stereocenters. The molecule has 154 valence electrons. The van der Waals surface area contributed by atoms with Gasteiger partial charge in [0.25, 0.3) is 5.91 Å². The SMILES string of the molecule is COc1ccc(SC(C)C(=O)N2CCCN(C(=O)c3ccccc3F)CC2)cc1. The number of hydrogen-bond acceptors (Lipinski definition) is 4. The van der Waals surface area contributed by atoms with E-state index >= 15 is 0 Å². The van der Waals surface area contributed by atoms with Gasteiger partial charge in [-0.25, -0.2) is 4.39 Å². The third-order valence-corrected chi connectivity index (χ3v) is 6.02. The molecule has 0 aromatic heterocycles. The Morgan fingerprint density at radius 3 is 2.34 bits per heavy atom. The normalized spacial score (nSPS) is 15.6. The van der Waals surface area contributed by atoms with Crippen LogP contribution in [0.25, 0.3) is 0 Å². The Kier molecular flexibility index (Phi) is 7.14. The molecule has 0 bridgehead atoms. The molecule has 0 spiro atoms. The van der Waals surface area contributed by atoms with Gasteiger partial charge in [-0.05, 0) is 49.7 Å². The predicted molar refractivity (Wildman–Crippen MR) is 112 cm³/mol. The second-order valence-electron chi connectivity index (χ2n) is 6.89. The van der Waals surface area contributed by atoms with E-state index in [2.05, 4.69) is 0 Å². The monoisotopic (exact) mass is 416 g/mol. The Labute approximate surface area is 174 Å². The molecule has 1 aliphatic rings. The Hall–Kier alpha value is -2.54. The molecule has 2 aromatic carbocycles. The van der Waals surface area contributed by atoms with Crippen LogP contribution >= 0.6 is 11.8 Å². The van der Waals surface area contributed by atoms with E-state index in [1.807, 2.05) is 31.2 Å². The zero-order chi connectivity index (χ0) is 20.8. The van der Waals surface area contributed by atoms with E-state index in [9.17, 15) is 14.0 Å². The van der Waals surface area contributed by atoms with Crippen LogP contribution in [0.15, 0.2) is 53.4 Å². The molecule has 5 nitrogen and oxygen atoms in total. The number of benzene rings is 2. The Morgan fingerprint density at radius 2 is 1.66 bits per heavy atom. The minimum Gasteiger partial charge on any atom is -0.497 e. The molecule has 0 radical (unpaired) electrons. The maximum absolute atomic E-state index is 13.9. The van der Waals surface area contributed by atoms with Gasteiger partial charge in [0.15, 0.2) is 0 Å². The lowest BCUT2D eigenvalue weighted by molar-refractivity contribution is -0.130. The average molecular weight is 417 g/mol. The van der Waals surface area contributed by atoms with Crippen molar-refractivity contribution in [3.63, 3.8) is 0 Å². The number of methoxy groups -OCH3 is 1. The van der Waals surface area contributed by atoms with Crippen LogP contribution in [-0.2, 0) is 4.79 Å². The zero-order valence-electron chi connectivity index (χ0n) is 16.6. The molecule has 1 saturated heterocycles. The van der Waals surface area contributed by atoms with Crippen LogP contribution in [0.2, 0.25) is 0 Å². The number of ether oxygens (including phenoxy) is 1. The van der Waals surface area contributed by atoms with Gasteiger partial charge in [0.2, 0.25) is 5.91 Å². The topological polar surface area (TPSA) is 49.9 Å². The van der Waals surface area contributed by atoms with E-state index < -0.39 is 5.82 Å². The summed E-state index contributed by atoms with van der Waals surface area (Å²) < 4.78 is 19.1. The molecule has 29 heavy (non-hydrogen) atoms. The van der Waals surface area contributed by atoms with Crippen LogP contribution in [-0.4, -0.2) is 60.2 Å². The van der Waals surface area contributed by atoms with Crippen molar-refractivity contribution in [1.29, 1.82) is 0 Å². The first-order valence-electron chi connectivity index (χ1n) is 9.63. The fourth-order valence-corrected chi connectivity index (χ4v) is 4.26. The second-order valence-corrected chi connectivity index (χ2v) is 8.30. The maximum Gasteiger partial charge on any atom is 0.256 e. The van der Waals surface area contributed by atoms with Crippen LogP contribution in [0.4, 0.5) is 4.39 Å². The summed E-state index contributed by atoms with van der Waals surface area (Å²) >= 11 is 1.50. The van der Waals surface area contributed by atoms with E-state index in [0.717, 1.165) is 10.6 Å².